The number of likely N-dealkylation sites (tertiary alicyclic amines) is 1. The Morgan fingerprint density at radius 2 is 2.14 bits per heavy atom. The number of aliphatic imine (C=N–C) groups is 1. The first-order chi connectivity index (χ1) is 14.1. The van der Waals surface area contributed by atoms with E-state index in [1.165, 1.54) is 0 Å². The van der Waals surface area contributed by atoms with Gasteiger partial charge in [-0.3, -0.25) is 0 Å². The highest BCUT2D eigenvalue weighted by molar-refractivity contribution is 5.80. The van der Waals surface area contributed by atoms with Crippen LogP contribution < -0.4 is 10.2 Å². The number of nitrogens with zero attached hydrogens (tertiary/aromatic N) is 3. The second kappa shape index (κ2) is 8.88. The number of hydrogen-bond acceptors (Lipinski definition) is 4. The summed E-state index contributed by atoms with van der Waals surface area (Å²) in [5.74, 6) is 0.702. The fourth-order valence-corrected chi connectivity index (χ4v) is 4.69. The molecule has 0 radical (unpaired) electrons. The predicted molar refractivity (Wildman–Crippen MR) is 113 cm³/mol. The van der Waals surface area contributed by atoms with Crippen LogP contribution in [-0.2, 0) is 11.3 Å². The Balaban J connectivity index is 1.41. The minimum Gasteiger partial charge on any atom is -0.393 e. The summed E-state index contributed by atoms with van der Waals surface area (Å²) < 4.78 is 20.3. The molecule has 3 aliphatic heterocycles. The van der Waals surface area contributed by atoms with Gasteiger partial charge >= 0.3 is 0 Å². The van der Waals surface area contributed by atoms with Crippen molar-refractivity contribution in [3.8, 4) is 0 Å². The molecule has 1 aromatic carbocycles. The maximum absolute atomic E-state index is 14.7. The van der Waals surface area contributed by atoms with Gasteiger partial charge in [-0.1, -0.05) is 6.07 Å². The van der Waals surface area contributed by atoms with E-state index in [9.17, 15) is 9.50 Å². The highest BCUT2D eigenvalue weighted by Crippen LogP contribution is 2.38. The van der Waals surface area contributed by atoms with Gasteiger partial charge in [-0.25, -0.2) is 9.38 Å². The number of hydrogen-bond donors (Lipinski definition) is 2. The van der Waals surface area contributed by atoms with Crippen molar-refractivity contribution in [2.75, 3.05) is 50.8 Å². The van der Waals surface area contributed by atoms with Crippen molar-refractivity contribution >= 4 is 11.6 Å². The first kappa shape index (κ1) is 20.4. The number of nitrogens with one attached hydrogen (secondary N) is 1. The van der Waals surface area contributed by atoms with Gasteiger partial charge in [0.25, 0.3) is 0 Å². The maximum atomic E-state index is 14.7. The summed E-state index contributed by atoms with van der Waals surface area (Å²) in [5, 5.41) is 13.1. The molecule has 0 aromatic heterocycles. The summed E-state index contributed by atoms with van der Waals surface area (Å²) in [6.07, 6.45) is 3.40. The Morgan fingerprint density at radius 1 is 1.31 bits per heavy atom. The van der Waals surface area contributed by atoms with Crippen molar-refractivity contribution in [2.24, 2.45) is 10.4 Å². The first-order valence-electron chi connectivity index (χ1n) is 10.9. The molecule has 2 N–H and O–H groups in total. The number of halogens is 1. The third-order valence-electron chi connectivity index (χ3n) is 6.49. The van der Waals surface area contributed by atoms with E-state index in [4.69, 9.17) is 9.73 Å². The molecule has 3 heterocycles. The van der Waals surface area contributed by atoms with E-state index < -0.39 is 0 Å². The standard InChI is InChI=1S/C22H33FN4O2/c1-2-24-21(27-11-7-22(15-27)8-12-29-16-22)25-14-17-3-4-20(19(23)13-17)26-9-5-18(28)6-10-26/h3-4,13,18,28H,2,5-12,14-16H2,1H3,(H,24,25). The Morgan fingerprint density at radius 3 is 2.83 bits per heavy atom. The lowest BCUT2D eigenvalue weighted by Gasteiger charge is -2.31. The van der Waals surface area contributed by atoms with Crippen molar-refractivity contribution in [3.63, 3.8) is 0 Å². The largest absolute Gasteiger partial charge is 0.393 e. The number of aliphatic hydroxyl groups excluding tert-OH is 1. The van der Waals surface area contributed by atoms with Gasteiger partial charge in [-0.15, -0.1) is 0 Å². The lowest BCUT2D eigenvalue weighted by Crippen LogP contribution is -2.41. The van der Waals surface area contributed by atoms with Crippen molar-refractivity contribution in [3.05, 3.63) is 29.6 Å². The van der Waals surface area contributed by atoms with Gasteiger partial charge in [0.05, 0.1) is 24.9 Å². The third-order valence-corrected chi connectivity index (χ3v) is 6.49. The summed E-state index contributed by atoms with van der Waals surface area (Å²) in [6, 6.07) is 5.42. The average Bonchev–Trinajstić information content (AvgIpc) is 3.36. The van der Waals surface area contributed by atoms with E-state index in [0.717, 1.165) is 57.2 Å². The summed E-state index contributed by atoms with van der Waals surface area (Å²) in [6.45, 7) is 8.42. The number of piperidine rings is 1. The average molecular weight is 405 g/mol. The van der Waals surface area contributed by atoms with Crippen LogP contribution in [-0.4, -0.2) is 68.0 Å². The number of aliphatic hydroxyl groups is 1. The van der Waals surface area contributed by atoms with Crippen LogP contribution in [0.5, 0.6) is 0 Å². The van der Waals surface area contributed by atoms with Crippen LogP contribution in [0.2, 0.25) is 0 Å². The molecule has 1 unspecified atom stereocenters. The van der Waals surface area contributed by atoms with Gasteiger partial charge in [0.15, 0.2) is 5.96 Å². The van der Waals surface area contributed by atoms with Gasteiger partial charge in [-0.2, -0.15) is 0 Å². The molecule has 3 fully saturated rings. The molecule has 29 heavy (non-hydrogen) atoms. The topological polar surface area (TPSA) is 60.3 Å². The molecule has 3 aliphatic rings. The fourth-order valence-electron chi connectivity index (χ4n) is 4.69. The zero-order valence-corrected chi connectivity index (χ0v) is 17.4. The molecule has 1 aromatic rings. The van der Waals surface area contributed by atoms with E-state index >= 15 is 0 Å². The summed E-state index contributed by atoms with van der Waals surface area (Å²) in [7, 11) is 0. The van der Waals surface area contributed by atoms with Crippen LogP contribution in [0, 0.1) is 11.2 Å². The number of benzene rings is 1. The normalized spacial score (nSPS) is 26.0. The smallest absolute Gasteiger partial charge is 0.194 e. The van der Waals surface area contributed by atoms with Gasteiger partial charge in [-0.05, 0) is 50.3 Å². The Kier molecular flexibility index (Phi) is 6.25. The molecule has 7 heteroatoms. The number of ether oxygens (including phenoxy) is 1. The molecule has 0 bridgehead atoms. The van der Waals surface area contributed by atoms with E-state index in [0.29, 0.717) is 38.2 Å². The third kappa shape index (κ3) is 4.67. The zero-order valence-electron chi connectivity index (χ0n) is 17.4. The summed E-state index contributed by atoms with van der Waals surface area (Å²) in [5.41, 5.74) is 1.78. The molecule has 6 nitrogen and oxygen atoms in total. The molecule has 0 aliphatic carbocycles. The maximum Gasteiger partial charge on any atom is 0.194 e. The molecular weight excluding hydrogens is 371 g/mol. The highest BCUT2D eigenvalue weighted by atomic mass is 19.1. The monoisotopic (exact) mass is 404 g/mol. The van der Waals surface area contributed by atoms with Crippen LogP contribution in [0.4, 0.5) is 10.1 Å². The lowest BCUT2D eigenvalue weighted by molar-refractivity contribution is 0.145. The molecular formula is C22H33FN4O2. The molecule has 0 amide bonds. The van der Waals surface area contributed by atoms with Crippen molar-refractivity contribution in [1.29, 1.82) is 0 Å². The van der Waals surface area contributed by atoms with E-state index in [1.807, 2.05) is 17.0 Å². The Labute approximate surface area is 172 Å². The Hall–Kier alpha value is -1.86. The number of guanidine groups is 1. The van der Waals surface area contributed by atoms with Crippen molar-refractivity contribution < 1.29 is 14.2 Å². The minimum absolute atomic E-state index is 0.206. The van der Waals surface area contributed by atoms with Gasteiger partial charge < -0.3 is 25.0 Å². The van der Waals surface area contributed by atoms with Gasteiger partial charge in [0.2, 0.25) is 0 Å². The van der Waals surface area contributed by atoms with Crippen LogP contribution in [0.15, 0.2) is 23.2 Å². The molecule has 1 spiro atoms. The minimum atomic E-state index is -0.257. The summed E-state index contributed by atoms with van der Waals surface area (Å²) in [4.78, 5) is 9.13. The molecule has 1 atom stereocenters. The van der Waals surface area contributed by atoms with Crippen molar-refractivity contribution in [2.45, 2.75) is 45.3 Å². The molecule has 160 valence electrons. The highest BCUT2D eigenvalue weighted by Gasteiger charge is 2.42. The number of rotatable bonds is 4. The molecule has 0 saturated carbocycles. The number of anilines is 1. The van der Waals surface area contributed by atoms with Crippen LogP contribution in [0.3, 0.4) is 0 Å². The second-order valence-corrected chi connectivity index (χ2v) is 8.65. The molecule has 3 saturated heterocycles. The van der Waals surface area contributed by atoms with Crippen LogP contribution in [0.25, 0.3) is 0 Å². The predicted octanol–water partition coefficient (Wildman–Crippen LogP) is 2.36. The van der Waals surface area contributed by atoms with Gasteiger partial charge in [0.1, 0.15) is 5.82 Å². The zero-order chi connectivity index (χ0) is 20.3. The summed E-state index contributed by atoms with van der Waals surface area (Å²) >= 11 is 0. The van der Waals surface area contributed by atoms with Crippen LogP contribution in [0.1, 0.15) is 38.2 Å². The molecule has 4 rings (SSSR count). The van der Waals surface area contributed by atoms with E-state index in [-0.39, 0.29) is 17.3 Å². The van der Waals surface area contributed by atoms with Crippen LogP contribution >= 0.6 is 0 Å². The van der Waals surface area contributed by atoms with Crippen molar-refractivity contribution in [1.82, 2.24) is 10.2 Å². The van der Waals surface area contributed by atoms with E-state index in [1.54, 1.807) is 6.07 Å². The van der Waals surface area contributed by atoms with Gasteiger partial charge in [0, 0.05) is 44.7 Å². The first-order valence-corrected chi connectivity index (χ1v) is 10.9. The Bertz CT molecular complexity index is 728. The quantitative estimate of drug-likeness (QED) is 0.596. The van der Waals surface area contributed by atoms with E-state index in [2.05, 4.69) is 17.1 Å². The SMILES string of the molecule is CCNC(=NCc1ccc(N2CCC(O)CC2)c(F)c1)N1CCC2(CCOC2)C1. The second-order valence-electron chi connectivity index (χ2n) is 8.65. The fraction of sp³-hybridized carbons (Fsp3) is 0.682. The lowest BCUT2D eigenvalue weighted by atomic mass is 9.87.